The molecule has 1 heterocycles. The van der Waals surface area contributed by atoms with Gasteiger partial charge in [-0.3, -0.25) is 14.4 Å². The average molecular weight is 440 g/mol. The van der Waals surface area contributed by atoms with Gasteiger partial charge in [0.25, 0.3) is 11.8 Å². The van der Waals surface area contributed by atoms with Gasteiger partial charge in [0.2, 0.25) is 5.91 Å². The summed E-state index contributed by atoms with van der Waals surface area (Å²) >= 11 is 1.33. The minimum absolute atomic E-state index is 0.109. The van der Waals surface area contributed by atoms with Gasteiger partial charge in [-0.1, -0.05) is 24.3 Å². The molecule has 0 saturated carbocycles. The fourth-order valence-corrected chi connectivity index (χ4v) is 3.49. The number of benzene rings is 2. The SMILES string of the molecule is CCN(CC(=O)NCc1ccc(F)cc1)C(=O)c1cccc(NC(=O)c2cccs2)c1. The predicted octanol–water partition coefficient (Wildman–Crippen LogP) is 3.92. The number of thiophene rings is 1. The first-order valence-corrected chi connectivity index (χ1v) is 10.6. The van der Waals surface area contributed by atoms with Gasteiger partial charge in [0, 0.05) is 24.3 Å². The summed E-state index contributed by atoms with van der Waals surface area (Å²) in [5.41, 5.74) is 1.64. The van der Waals surface area contributed by atoms with Crippen LogP contribution in [0.3, 0.4) is 0 Å². The van der Waals surface area contributed by atoms with Crippen molar-refractivity contribution in [3.8, 4) is 0 Å². The molecule has 0 bridgehead atoms. The van der Waals surface area contributed by atoms with Gasteiger partial charge in [-0.2, -0.15) is 0 Å². The fraction of sp³-hybridized carbons (Fsp3) is 0.174. The third-order valence-corrected chi connectivity index (χ3v) is 5.39. The molecular weight excluding hydrogens is 417 g/mol. The molecule has 3 amide bonds. The molecule has 2 N–H and O–H groups in total. The summed E-state index contributed by atoms with van der Waals surface area (Å²) in [6, 6.07) is 16.0. The van der Waals surface area contributed by atoms with Crippen LogP contribution in [0.4, 0.5) is 10.1 Å². The molecule has 160 valence electrons. The van der Waals surface area contributed by atoms with E-state index in [0.29, 0.717) is 22.7 Å². The number of nitrogens with zero attached hydrogens (tertiary/aromatic N) is 1. The zero-order chi connectivity index (χ0) is 22.2. The minimum atomic E-state index is -0.341. The molecule has 0 radical (unpaired) electrons. The Labute approximate surface area is 183 Å². The highest BCUT2D eigenvalue weighted by molar-refractivity contribution is 7.12. The van der Waals surface area contributed by atoms with Crippen LogP contribution in [0.5, 0.6) is 0 Å². The van der Waals surface area contributed by atoms with Crippen LogP contribution in [-0.4, -0.2) is 35.7 Å². The van der Waals surface area contributed by atoms with E-state index in [0.717, 1.165) is 5.56 Å². The molecule has 6 nitrogen and oxygen atoms in total. The molecule has 2 aromatic carbocycles. The summed E-state index contributed by atoms with van der Waals surface area (Å²) in [4.78, 5) is 39.4. The van der Waals surface area contributed by atoms with E-state index in [1.165, 1.54) is 28.4 Å². The second-order valence-corrected chi connectivity index (χ2v) is 7.68. The van der Waals surface area contributed by atoms with Crippen molar-refractivity contribution in [2.24, 2.45) is 0 Å². The molecule has 0 unspecified atom stereocenters. The summed E-state index contributed by atoms with van der Waals surface area (Å²) < 4.78 is 13.0. The molecule has 0 aliphatic heterocycles. The number of hydrogen-bond donors (Lipinski definition) is 2. The summed E-state index contributed by atoms with van der Waals surface area (Å²) in [5.74, 6) is -1.22. The number of amides is 3. The first-order valence-electron chi connectivity index (χ1n) is 9.71. The summed E-state index contributed by atoms with van der Waals surface area (Å²) in [6.45, 7) is 2.26. The Morgan fingerprint density at radius 1 is 1.03 bits per heavy atom. The van der Waals surface area contributed by atoms with E-state index in [-0.39, 0.29) is 36.6 Å². The standard InChI is InChI=1S/C23H22FN3O3S/c1-2-27(15-21(28)25-14-16-8-10-18(24)11-9-16)23(30)17-5-3-6-19(13-17)26-22(29)20-7-4-12-31-20/h3-13H,2,14-15H2,1H3,(H,25,28)(H,26,29). The quantitative estimate of drug-likeness (QED) is 0.559. The zero-order valence-electron chi connectivity index (χ0n) is 16.9. The van der Waals surface area contributed by atoms with Gasteiger partial charge in [-0.05, 0) is 54.3 Å². The van der Waals surface area contributed by atoms with Crippen LogP contribution in [0.15, 0.2) is 66.0 Å². The Hall–Kier alpha value is -3.52. The topological polar surface area (TPSA) is 78.5 Å². The van der Waals surface area contributed by atoms with Gasteiger partial charge >= 0.3 is 0 Å². The number of hydrogen-bond acceptors (Lipinski definition) is 4. The molecule has 0 fully saturated rings. The lowest BCUT2D eigenvalue weighted by Crippen LogP contribution is -2.40. The maximum Gasteiger partial charge on any atom is 0.265 e. The lowest BCUT2D eigenvalue weighted by atomic mass is 10.1. The summed E-state index contributed by atoms with van der Waals surface area (Å²) in [6.07, 6.45) is 0. The largest absolute Gasteiger partial charge is 0.350 e. The van der Waals surface area contributed by atoms with Crippen molar-refractivity contribution in [1.29, 1.82) is 0 Å². The highest BCUT2D eigenvalue weighted by Gasteiger charge is 2.18. The second-order valence-electron chi connectivity index (χ2n) is 6.73. The number of halogens is 1. The minimum Gasteiger partial charge on any atom is -0.350 e. The monoisotopic (exact) mass is 439 g/mol. The van der Waals surface area contributed by atoms with E-state index < -0.39 is 0 Å². The lowest BCUT2D eigenvalue weighted by molar-refractivity contribution is -0.121. The Morgan fingerprint density at radius 2 is 1.81 bits per heavy atom. The van der Waals surface area contributed by atoms with Crippen LogP contribution >= 0.6 is 11.3 Å². The van der Waals surface area contributed by atoms with Crippen LogP contribution in [0, 0.1) is 5.82 Å². The number of carbonyl (C=O) groups is 3. The van der Waals surface area contributed by atoms with E-state index >= 15 is 0 Å². The number of rotatable bonds is 8. The smallest absolute Gasteiger partial charge is 0.265 e. The molecular formula is C23H22FN3O3S. The van der Waals surface area contributed by atoms with E-state index in [9.17, 15) is 18.8 Å². The van der Waals surface area contributed by atoms with Crippen molar-refractivity contribution in [3.05, 3.63) is 87.9 Å². The van der Waals surface area contributed by atoms with Crippen molar-refractivity contribution in [2.45, 2.75) is 13.5 Å². The van der Waals surface area contributed by atoms with Crippen LogP contribution in [0.25, 0.3) is 0 Å². The first-order chi connectivity index (χ1) is 15.0. The molecule has 1 aromatic heterocycles. The van der Waals surface area contributed by atoms with E-state index in [4.69, 9.17) is 0 Å². The van der Waals surface area contributed by atoms with Crippen molar-refractivity contribution in [1.82, 2.24) is 10.2 Å². The third-order valence-electron chi connectivity index (χ3n) is 4.52. The lowest BCUT2D eigenvalue weighted by Gasteiger charge is -2.21. The molecule has 31 heavy (non-hydrogen) atoms. The zero-order valence-corrected chi connectivity index (χ0v) is 17.7. The maximum absolute atomic E-state index is 13.0. The highest BCUT2D eigenvalue weighted by Crippen LogP contribution is 2.16. The summed E-state index contributed by atoms with van der Waals surface area (Å²) in [7, 11) is 0. The first kappa shape index (κ1) is 22.2. The Bertz CT molecular complexity index is 1050. The number of nitrogens with one attached hydrogen (secondary N) is 2. The molecule has 3 aromatic rings. The predicted molar refractivity (Wildman–Crippen MR) is 119 cm³/mol. The Morgan fingerprint density at radius 3 is 2.48 bits per heavy atom. The van der Waals surface area contributed by atoms with E-state index in [2.05, 4.69) is 10.6 Å². The Kier molecular flexibility index (Phi) is 7.50. The van der Waals surface area contributed by atoms with Crippen LogP contribution in [-0.2, 0) is 11.3 Å². The molecule has 8 heteroatoms. The number of likely N-dealkylation sites (N-methyl/N-ethyl adjacent to an activating group) is 1. The van der Waals surface area contributed by atoms with Gasteiger partial charge in [0.15, 0.2) is 0 Å². The van der Waals surface area contributed by atoms with Gasteiger partial charge in [-0.15, -0.1) is 11.3 Å². The van der Waals surface area contributed by atoms with Gasteiger partial charge < -0.3 is 15.5 Å². The molecule has 0 atom stereocenters. The van der Waals surface area contributed by atoms with Gasteiger partial charge in [0.1, 0.15) is 5.82 Å². The van der Waals surface area contributed by atoms with Crippen molar-refractivity contribution in [3.63, 3.8) is 0 Å². The maximum atomic E-state index is 13.0. The average Bonchev–Trinajstić information content (AvgIpc) is 3.32. The van der Waals surface area contributed by atoms with Crippen molar-refractivity contribution >= 4 is 34.7 Å². The molecule has 0 aliphatic rings. The van der Waals surface area contributed by atoms with Crippen molar-refractivity contribution in [2.75, 3.05) is 18.4 Å². The normalized spacial score (nSPS) is 10.4. The van der Waals surface area contributed by atoms with Crippen LogP contribution < -0.4 is 10.6 Å². The van der Waals surface area contributed by atoms with Gasteiger partial charge in [0.05, 0.1) is 11.4 Å². The Balaban J connectivity index is 1.59. The van der Waals surface area contributed by atoms with Crippen LogP contribution in [0.1, 0.15) is 32.5 Å². The molecule has 0 saturated heterocycles. The van der Waals surface area contributed by atoms with E-state index in [1.807, 2.05) is 5.38 Å². The molecule has 0 aliphatic carbocycles. The highest BCUT2D eigenvalue weighted by atomic mass is 32.1. The van der Waals surface area contributed by atoms with E-state index in [1.54, 1.807) is 55.5 Å². The van der Waals surface area contributed by atoms with Crippen molar-refractivity contribution < 1.29 is 18.8 Å². The third kappa shape index (κ3) is 6.23. The summed E-state index contributed by atoms with van der Waals surface area (Å²) in [5, 5.41) is 7.32. The fourth-order valence-electron chi connectivity index (χ4n) is 2.87. The van der Waals surface area contributed by atoms with Gasteiger partial charge in [-0.25, -0.2) is 4.39 Å². The van der Waals surface area contributed by atoms with Crippen LogP contribution in [0.2, 0.25) is 0 Å². The second kappa shape index (κ2) is 10.5. The molecule has 3 rings (SSSR count). The number of carbonyl (C=O) groups excluding carboxylic acids is 3. The molecule has 0 spiro atoms. The number of anilines is 1.